The van der Waals surface area contributed by atoms with Crippen molar-refractivity contribution in [3.63, 3.8) is 0 Å². The van der Waals surface area contributed by atoms with Crippen LogP contribution < -0.4 is 10.0 Å². The van der Waals surface area contributed by atoms with Crippen molar-refractivity contribution in [1.82, 2.24) is 9.97 Å². The van der Waals surface area contributed by atoms with Gasteiger partial charge in [0.15, 0.2) is 11.6 Å². The van der Waals surface area contributed by atoms with Crippen LogP contribution in [0.15, 0.2) is 71.6 Å². The highest BCUT2D eigenvalue weighted by Gasteiger charge is 2.22. The molecule has 0 spiro atoms. The second kappa shape index (κ2) is 7.61. The van der Waals surface area contributed by atoms with Crippen LogP contribution in [0.5, 0.6) is 0 Å². The van der Waals surface area contributed by atoms with Crippen LogP contribution in [0.3, 0.4) is 0 Å². The lowest BCUT2D eigenvalue weighted by Crippen LogP contribution is -2.16. The number of hydrogen-bond acceptors (Lipinski definition) is 7. The van der Waals surface area contributed by atoms with Gasteiger partial charge in [0.05, 0.1) is 21.5 Å². The van der Waals surface area contributed by atoms with Crippen molar-refractivity contribution in [2.45, 2.75) is 18.4 Å². The lowest BCUT2D eigenvalue weighted by Gasteiger charge is -2.14. The number of benzene rings is 3. The first-order valence-corrected chi connectivity index (χ1v) is 11.3. The SMILES string of the molecule is Cc1ccc(S(=O)(=O)Nc2nc3ccccc3nc2Nc2ccc3c(c2)COC3=O)cc1. The zero-order chi connectivity index (χ0) is 22.3. The highest BCUT2D eigenvalue weighted by atomic mass is 32.2. The number of carbonyl (C=O) groups is 1. The van der Waals surface area contributed by atoms with Crippen molar-refractivity contribution in [2.75, 3.05) is 10.0 Å². The number of para-hydroxylation sites is 2. The molecule has 4 aromatic rings. The third kappa shape index (κ3) is 3.74. The van der Waals surface area contributed by atoms with Gasteiger partial charge >= 0.3 is 5.97 Å². The third-order valence-corrected chi connectivity index (χ3v) is 6.43. The largest absolute Gasteiger partial charge is 0.457 e. The average Bonchev–Trinajstić information content (AvgIpc) is 3.14. The van der Waals surface area contributed by atoms with Gasteiger partial charge in [-0.25, -0.2) is 23.2 Å². The number of carbonyl (C=O) groups excluding carboxylic acids is 1. The topological polar surface area (TPSA) is 110 Å². The van der Waals surface area contributed by atoms with Crippen LogP contribution in [-0.4, -0.2) is 24.4 Å². The maximum atomic E-state index is 13.0. The van der Waals surface area contributed by atoms with E-state index in [4.69, 9.17) is 4.74 Å². The summed E-state index contributed by atoms with van der Waals surface area (Å²) in [6.07, 6.45) is 0. The molecule has 0 saturated carbocycles. The molecule has 8 nitrogen and oxygen atoms in total. The van der Waals surface area contributed by atoms with Gasteiger partial charge in [0.25, 0.3) is 10.0 Å². The Balaban J connectivity index is 1.55. The Kier molecular flexibility index (Phi) is 4.75. The molecule has 2 N–H and O–H groups in total. The smallest absolute Gasteiger partial charge is 0.338 e. The molecule has 0 atom stereocenters. The quantitative estimate of drug-likeness (QED) is 0.443. The van der Waals surface area contributed by atoms with Crippen LogP contribution in [0.4, 0.5) is 17.3 Å². The number of fused-ring (bicyclic) bond motifs is 2. The molecule has 32 heavy (non-hydrogen) atoms. The molecule has 1 aliphatic heterocycles. The minimum absolute atomic E-state index is 0.0668. The van der Waals surface area contributed by atoms with Gasteiger partial charge in [-0.1, -0.05) is 29.8 Å². The minimum atomic E-state index is -3.89. The number of aryl methyl sites for hydroxylation is 1. The highest BCUT2D eigenvalue weighted by Crippen LogP contribution is 2.29. The molecule has 160 valence electrons. The van der Waals surface area contributed by atoms with Crippen LogP contribution in [0.2, 0.25) is 0 Å². The second-order valence-electron chi connectivity index (χ2n) is 7.40. The van der Waals surface area contributed by atoms with Crippen LogP contribution in [-0.2, 0) is 21.4 Å². The van der Waals surface area contributed by atoms with Crippen molar-refractivity contribution in [1.29, 1.82) is 0 Å². The lowest BCUT2D eigenvalue weighted by atomic mass is 10.1. The van der Waals surface area contributed by atoms with Gasteiger partial charge in [0, 0.05) is 11.3 Å². The summed E-state index contributed by atoms with van der Waals surface area (Å²) < 4.78 is 33.6. The number of esters is 1. The maximum absolute atomic E-state index is 13.0. The van der Waals surface area contributed by atoms with E-state index in [1.54, 1.807) is 48.5 Å². The van der Waals surface area contributed by atoms with Crippen molar-refractivity contribution in [2.24, 2.45) is 0 Å². The van der Waals surface area contributed by atoms with E-state index in [0.29, 0.717) is 22.3 Å². The molecule has 5 rings (SSSR count). The fraction of sp³-hybridized carbons (Fsp3) is 0.0870. The molecule has 9 heteroatoms. The molecule has 0 amide bonds. The number of cyclic esters (lactones) is 1. The van der Waals surface area contributed by atoms with Gasteiger partial charge in [-0.3, -0.25) is 4.72 Å². The summed E-state index contributed by atoms with van der Waals surface area (Å²) in [6, 6.07) is 18.9. The summed E-state index contributed by atoms with van der Waals surface area (Å²) in [5.41, 5.74) is 4.00. The van der Waals surface area contributed by atoms with Gasteiger partial charge in [0.2, 0.25) is 0 Å². The standard InChI is InChI=1S/C23H18N4O4S/c1-14-6-9-17(10-7-14)32(29,30)27-22-21(25-19-4-2-3-5-20(19)26-22)24-16-8-11-18-15(12-16)13-31-23(18)28/h2-12H,13H2,1H3,(H,24,25)(H,26,27). The second-order valence-corrected chi connectivity index (χ2v) is 9.08. The Labute approximate surface area is 184 Å². The first kappa shape index (κ1) is 20.0. The summed E-state index contributed by atoms with van der Waals surface area (Å²) in [7, 11) is -3.89. The molecule has 3 aromatic carbocycles. The molecule has 1 aromatic heterocycles. The molecule has 0 fully saturated rings. The minimum Gasteiger partial charge on any atom is -0.457 e. The van der Waals surface area contributed by atoms with Gasteiger partial charge in [-0.05, 0) is 49.4 Å². The Morgan fingerprint density at radius 3 is 2.31 bits per heavy atom. The van der Waals surface area contributed by atoms with Crippen molar-refractivity contribution in [3.05, 3.63) is 83.4 Å². The van der Waals surface area contributed by atoms with Crippen molar-refractivity contribution < 1.29 is 17.9 Å². The summed E-state index contributed by atoms with van der Waals surface area (Å²) in [4.78, 5) is 20.9. The Morgan fingerprint density at radius 1 is 0.906 bits per heavy atom. The number of rotatable bonds is 5. The molecule has 0 aliphatic carbocycles. The predicted molar refractivity (Wildman–Crippen MR) is 120 cm³/mol. The number of anilines is 3. The predicted octanol–water partition coefficient (Wildman–Crippen LogP) is 4.15. The van der Waals surface area contributed by atoms with E-state index in [0.717, 1.165) is 11.1 Å². The van der Waals surface area contributed by atoms with E-state index >= 15 is 0 Å². The molecule has 0 bridgehead atoms. The first-order valence-electron chi connectivity index (χ1n) is 9.82. The lowest BCUT2D eigenvalue weighted by molar-refractivity contribution is 0.0535. The summed E-state index contributed by atoms with van der Waals surface area (Å²) in [5, 5.41) is 3.12. The monoisotopic (exact) mass is 446 g/mol. The number of hydrogen-bond donors (Lipinski definition) is 2. The number of aromatic nitrogens is 2. The van der Waals surface area contributed by atoms with E-state index in [2.05, 4.69) is 20.0 Å². The number of nitrogens with one attached hydrogen (secondary N) is 2. The average molecular weight is 446 g/mol. The zero-order valence-electron chi connectivity index (χ0n) is 17.0. The molecule has 0 saturated heterocycles. The molecular formula is C23H18N4O4S. The van der Waals surface area contributed by atoms with Crippen LogP contribution in [0, 0.1) is 6.92 Å². The van der Waals surface area contributed by atoms with Gasteiger partial charge in [0.1, 0.15) is 6.61 Å². The summed E-state index contributed by atoms with van der Waals surface area (Å²) >= 11 is 0. The summed E-state index contributed by atoms with van der Waals surface area (Å²) in [6.45, 7) is 2.08. The Bertz CT molecular complexity index is 1470. The molecule has 0 unspecified atom stereocenters. The van der Waals surface area contributed by atoms with Gasteiger partial charge in [-0.2, -0.15) is 0 Å². The van der Waals surface area contributed by atoms with Crippen LogP contribution >= 0.6 is 0 Å². The van der Waals surface area contributed by atoms with Gasteiger partial charge in [-0.15, -0.1) is 0 Å². The van der Waals surface area contributed by atoms with Crippen molar-refractivity contribution in [3.8, 4) is 0 Å². The van der Waals surface area contributed by atoms with E-state index in [1.165, 1.54) is 12.1 Å². The van der Waals surface area contributed by atoms with E-state index in [-0.39, 0.29) is 29.1 Å². The fourth-order valence-corrected chi connectivity index (χ4v) is 4.42. The molecule has 2 heterocycles. The van der Waals surface area contributed by atoms with Crippen LogP contribution in [0.1, 0.15) is 21.5 Å². The molecular weight excluding hydrogens is 428 g/mol. The van der Waals surface area contributed by atoms with Crippen molar-refractivity contribution >= 4 is 44.3 Å². The van der Waals surface area contributed by atoms with Crippen LogP contribution in [0.25, 0.3) is 11.0 Å². The number of sulfonamides is 1. The first-order chi connectivity index (χ1) is 15.4. The Hall–Kier alpha value is -3.98. The summed E-state index contributed by atoms with van der Waals surface area (Å²) in [5.74, 6) is -0.0507. The van der Waals surface area contributed by atoms with Gasteiger partial charge < -0.3 is 10.1 Å². The third-order valence-electron chi connectivity index (χ3n) is 5.08. The zero-order valence-corrected chi connectivity index (χ0v) is 17.8. The number of ether oxygens (including phenoxy) is 1. The normalized spacial score (nSPS) is 13.0. The highest BCUT2D eigenvalue weighted by molar-refractivity contribution is 7.92. The Morgan fingerprint density at radius 2 is 1.59 bits per heavy atom. The number of nitrogens with zero attached hydrogens (tertiary/aromatic N) is 2. The van der Waals surface area contributed by atoms with E-state index in [1.807, 2.05) is 13.0 Å². The fourth-order valence-electron chi connectivity index (χ4n) is 3.41. The van der Waals surface area contributed by atoms with E-state index in [9.17, 15) is 13.2 Å². The molecule has 1 aliphatic rings. The van der Waals surface area contributed by atoms with E-state index < -0.39 is 10.0 Å². The molecule has 0 radical (unpaired) electrons. The maximum Gasteiger partial charge on any atom is 0.338 e.